The Morgan fingerprint density at radius 1 is 1.47 bits per heavy atom. The third-order valence-electron chi connectivity index (χ3n) is 3.68. The van der Waals surface area contributed by atoms with Crippen LogP contribution in [0.15, 0.2) is 36.7 Å². The molecule has 3 nitrogen and oxygen atoms in total. The zero-order valence-electron chi connectivity index (χ0n) is 11.0. The second kappa shape index (κ2) is 5.25. The molecule has 1 aromatic heterocycles. The summed E-state index contributed by atoms with van der Waals surface area (Å²) in [4.78, 5) is 0. The van der Waals surface area contributed by atoms with E-state index in [0.29, 0.717) is 6.04 Å². The fourth-order valence-corrected chi connectivity index (χ4v) is 2.66. The number of anilines is 1. The number of nitrogens with one attached hydrogen (secondary N) is 1. The highest BCUT2D eigenvalue weighted by molar-refractivity contribution is 6.31. The molecular formula is C15H18ClN3. The minimum atomic E-state index is 0.535. The van der Waals surface area contributed by atoms with Crippen molar-refractivity contribution in [1.82, 2.24) is 9.78 Å². The molecule has 0 saturated heterocycles. The van der Waals surface area contributed by atoms with Crippen LogP contribution in [-0.2, 0) is 0 Å². The quantitative estimate of drug-likeness (QED) is 0.889. The Morgan fingerprint density at radius 3 is 2.95 bits per heavy atom. The van der Waals surface area contributed by atoms with Gasteiger partial charge in [-0.1, -0.05) is 18.5 Å². The summed E-state index contributed by atoms with van der Waals surface area (Å²) in [5.74, 6) is 0.814. The SMILES string of the molecule is CCC(Nc1cc(Cl)ccc1-n1cccn1)C1CC1. The van der Waals surface area contributed by atoms with Gasteiger partial charge in [0.15, 0.2) is 0 Å². The number of rotatable bonds is 5. The van der Waals surface area contributed by atoms with Gasteiger partial charge in [-0.15, -0.1) is 0 Å². The lowest BCUT2D eigenvalue weighted by atomic mass is 10.1. The molecule has 0 aliphatic heterocycles. The Bertz CT molecular complexity index is 547. The van der Waals surface area contributed by atoms with Gasteiger partial charge in [0.05, 0.1) is 11.4 Å². The number of aromatic nitrogens is 2. The van der Waals surface area contributed by atoms with E-state index in [1.165, 1.54) is 12.8 Å². The van der Waals surface area contributed by atoms with Crippen LogP contribution in [-0.4, -0.2) is 15.8 Å². The highest BCUT2D eigenvalue weighted by atomic mass is 35.5. The standard InChI is InChI=1S/C15H18ClN3/c1-2-13(11-4-5-11)18-14-10-12(16)6-7-15(14)19-9-3-8-17-19/h3,6-11,13,18H,2,4-5H2,1H3. The van der Waals surface area contributed by atoms with E-state index in [4.69, 9.17) is 11.6 Å². The van der Waals surface area contributed by atoms with Gasteiger partial charge in [-0.2, -0.15) is 5.10 Å². The van der Waals surface area contributed by atoms with Gasteiger partial charge in [0.1, 0.15) is 0 Å². The first-order valence-corrected chi connectivity index (χ1v) is 7.22. The van der Waals surface area contributed by atoms with Crippen molar-refractivity contribution in [3.05, 3.63) is 41.7 Å². The highest BCUT2D eigenvalue weighted by Gasteiger charge is 2.30. The highest BCUT2D eigenvalue weighted by Crippen LogP contribution is 2.36. The van der Waals surface area contributed by atoms with Crippen LogP contribution >= 0.6 is 11.6 Å². The topological polar surface area (TPSA) is 29.9 Å². The van der Waals surface area contributed by atoms with Crippen LogP contribution in [0.3, 0.4) is 0 Å². The van der Waals surface area contributed by atoms with E-state index in [2.05, 4.69) is 17.3 Å². The first kappa shape index (κ1) is 12.5. The summed E-state index contributed by atoms with van der Waals surface area (Å²) in [7, 11) is 0. The molecule has 2 aromatic rings. The number of halogens is 1. The summed E-state index contributed by atoms with van der Waals surface area (Å²) in [5.41, 5.74) is 2.11. The summed E-state index contributed by atoms with van der Waals surface area (Å²) in [6, 6.07) is 8.37. The fraction of sp³-hybridized carbons (Fsp3) is 0.400. The van der Waals surface area contributed by atoms with Crippen molar-refractivity contribution in [3.63, 3.8) is 0 Å². The third-order valence-corrected chi connectivity index (χ3v) is 3.92. The molecule has 0 radical (unpaired) electrons. The van der Waals surface area contributed by atoms with Gasteiger partial charge >= 0.3 is 0 Å². The van der Waals surface area contributed by atoms with Crippen LogP contribution in [0.2, 0.25) is 5.02 Å². The molecule has 1 heterocycles. The van der Waals surface area contributed by atoms with Crippen molar-refractivity contribution in [2.24, 2.45) is 5.92 Å². The van der Waals surface area contributed by atoms with E-state index >= 15 is 0 Å². The minimum Gasteiger partial charge on any atom is -0.380 e. The van der Waals surface area contributed by atoms with Gasteiger partial charge < -0.3 is 5.32 Å². The van der Waals surface area contributed by atoms with Gasteiger partial charge in [-0.25, -0.2) is 4.68 Å². The Morgan fingerprint density at radius 2 is 2.32 bits per heavy atom. The van der Waals surface area contributed by atoms with Crippen LogP contribution in [0.5, 0.6) is 0 Å². The Kier molecular flexibility index (Phi) is 3.47. The lowest BCUT2D eigenvalue weighted by Crippen LogP contribution is -2.21. The summed E-state index contributed by atoms with van der Waals surface area (Å²) in [6.07, 6.45) is 7.55. The van der Waals surface area contributed by atoms with Gasteiger partial charge in [0.25, 0.3) is 0 Å². The van der Waals surface area contributed by atoms with E-state index in [0.717, 1.165) is 28.7 Å². The van der Waals surface area contributed by atoms with Crippen molar-refractivity contribution in [1.29, 1.82) is 0 Å². The van der Waals surface area contributed by atoms with Crippen LogP contribution < -0.4 is 5.32 Å². The predicted octanol–water partition coefficient (Wildman–Crippen LogP) is 4.13. The van der Waals surface area contributed by atoms with Crippen molar-refractivity contribution >= 4 is 17.3 Å². The summed E-state index contributed by atoms with van der Waals surface area (Å²) in [5, 5.41) is 8.70. The molecule has 0 bridgehead atoms. The Balaban J connectivity index is 1.92. The largest absolute Gasteiger partial charge is 0.380 e. The van der Waals surface area contributed by atoms with Gasteiger partial charge in [0.2, 0.25) is 0 Å². The zero-order chi connectivity index (χ0) is 13.2. The molecule has 19 heavy (non-hydrogen) atoms. The molecule has 3 rings (SSSR count). The molecule has 1 aliphatic carbocycles. The van der Waals surface area contributed by atoms with Crippen molar-refractivity contribution in [2.75, 3.05) is 5.32 Å². The number of benzene rings is 1. The molecule has 1 atom stereocenters. The molecule has 1 saturated carbocycles. The van der Waals surface area contributed by atoms with E-state index in [-0.39, 0.29) is 0 Å². The van der Waals surface area contributed by atoms with Crippen molar-refractivity contribution in [2.45, 2.75) is 32.2 Å². The maximum atomic E-state index is 6.13. The molecule has 0 spiro atoms. The van der Waals surface area contributed by atoms with Crippen LogP contribution in [0.25, 0.3) is 5.69 Å². The number of hydrogen-bond acceptors (Lipinski definition) is 2. The van der Waals surface area contributed by atoms with Gasteiger partial charge in [-0.3, -0.25) is 0 Å². The first-order valence-electron chi connectivity index (χ1n) is 6.84. The smallest absolute Gasteiger partial charge is 0.0877 e. The Hall–Kier alpha value is -1.48. The fourth-order valence-electron chi connectivity index (χ4n) is 2.49. The average Bonchev–Trinajstić information content (AvgIpc) is 3.11. The molecule has 1 unspecified atom stereocenters. The summed E-state index contributed by atoms with van der Waals surface area (Å²) < 4.78 is 1.87. The van der Waals surface area contributed by atoms with Gasteiger partial charge in [0, 0.05) is 23.5 Å². The number of nitrogens with zero attached hydrogens (tertiary/aromatic N) is 2. The molecule has 0 amide bonds. The van der Waals surface area contributed by atoms with Crippen LogP contribution in [0, 0.1) is 5.92 Å². The monoisotopic (exact) mass is 275 g/mol. The lowest BCUT2D eigenvalue weighted by molar-refractivity contribution is 0.615. The number of hydrogen-bond donors (Lipinski definition) is 1. The molecular weight excluding hydrogens is 258 g/mol. The lowest BCUT2D eigenvalue weighted by Gasteiger charge is -2.20. The molecule has 1 aliphatic rings. The average molecular weight is 276 g/mol. The third kappa shape index (κ3) is 2.76. The maximum absolute atomic E-state index is 6.13. The zero-order valence-corrected chi connectivity index (χ0v) is 11.8. The van der Waals surface area contributed by atoms with Crippen molar-refractivity contribution in [3.8, 4) is 5.69 Å². The first-order chi connectivity index (χ1) is 9.28. The Labute approximate surface area is 118 Å². The molecule has 100 valence electrons. The van der Waals surface area contributed by atoms with Crippen molar-refractivity contribution < 1.29 is 0 Å². The second-order valence-corrected chi connectivity index (χ2v) is 5.55. The van der Waals surface area contributed by atoms with Gasteiger partial charge in [-0.05, 0) is 49.4 Å². The van der Waals surface area contributed by atoms with E-state index in [9.17, 15) is 0 Å². The molecule has 4 heteroatoms. The normalized spacial score (nSPS) is 16.3. The minimum absolute atomic E-state index is 0.535. The summed E-state index contributed by atoms with van der Waals surface area (Å²) >= 11 is 6.13. The summed E-state index contributed by atoms with van der Waals surface area (Å²) in [6.45, 7) is 2.23. The predicted molar refractivity (Wildman–Crippen MR) is 79.0 cm³/mol. The van der Waals surface area contributed by atoms with E-state index < -0.39 is 0 Å². The second-order valence-electron chi connectivity index (χ2n) is 5.11. The molecule has 1 N–H and O–H groups in total. The van der Waals surface area contributed by atoms with E-state index in [1.54, 1.807) is 6.20 Å². The maximum Gasteiger partial charge on any atom is 0.0877 e. The molecule has 1 aromatic carbocycles. The van der Waals surface area contributed by atoms with E-state index in [1.807, 2.05) is 35.1 Å². The molecule has 1 fully saturated rings. The van der Waals surface area contributed by atoms with Crippen LogP contribution in [0.1, 0.15) is 26.2 Å². The van der Waals surface area contributed by atoms with Crippen LogP contribution in [0.4, 0.5) is 5.69 Å².